The number of amides is 2. The van der Waals surface area contributed by atoms with Crippen LogP contribution in [0.5, 0.6) is 0 Å². The number of hydrogen-bond acceptors (Lipinski definition) is 4. The van der Waals surface area contributed by atoms with Crippen LogP contribution in [0.25, 0.3) is 0 Å². The molecular formula is C23H26F2N4O2. The maximum Gasteiger partial charge on any atom is 0.254 e. The van der Waals surface area contributed by atoms with Gasteiger partial charge in [0.25, 0.3) is 5.91 Å². The van der Waals surface area contributed by atoms with Crippen molar-refractivity contribution in [2.45, 2.75) is 32.1 Å². The molecule has 6 nitrogen and oxygen atoms in total. The summed E-state index contributed by atoms with van der Waals surface area (Å²) >= 11 is 0. The quantitative estimate of drug-likeness (QED) is 0.804. The zero-order valence-electron chi connectivity index (χ0n) is 17.3. The van der Waals surface area contributed by atoms with Crippen molar-refractivity contribution in [3.63, 3.8) is 0 Å². The molecule has 0 saturated carbocycles. The molecular weight excluding hydrogens is 402 g/mol. The summed E-state index contributed by atoms with van der Waals surface area (Å²) < 4.78 is 26.4. The molecule has 4 rings (SSSR count). The van der Waals surface area contributed by atoms with E-state index in [0.717, 1.165) is 43.9 Å². The molecule has 31 heavy (non-hydrogen) atoms. The maximum atomic E-state index is 13.4. The Hall–Kier alpha value is -3.03. The van der Waals surface area contributed by atoms with E-state index >= 15 is 0 Å². The monoisotopic (exact) mass is 428 g/mol. The van der Waals surface area contributed by atoms with Crippen LogP contribution in [0.3, 0.4) is 0 Å². The summed E-state index contributed by atoms with van der Waals surface area (Å²) in [5, 5.41) is 2.66. The normalized spacial score (nSPS) is 17.5. The number of halogens is 2. The van der Waals surface area contributed by atoms with Gasteiger partial charge in [-0.25, -0.2) is 13.8 Å². The van der Waals surface area contributed by atoms with Crippen LogP contribution in [0.2, 0.25) is 0 Å². The number of carbonyl (C=O) groups is 2. The zero-order valence-corrected chi connectivity index (χ0v) is 17.3. The third kappa shape index (κ3) is 5.00. The van der Waals surface area contributed by atoms with Crippen LogP contribution >= 0.6 is 0 Å². The van der Waals surface area contributed by atoms with E-state index in [9.17, 15) is 18.4 Å². The Morgan fingerprint density at radius 2 is 1.68 bits per heavy atom. The van der Waals surface area contributed by atoms with Gasteiger partial charge in [0.2, 0.25) is 5.91 Å². The summed E-state index contributed by atoms with van der Waals surface area (Å²) in [6, 6.07) is 6.91. The van der Waals surface area contributed by atoms with Gasteiger partial charge in [-0.05, 0) is 56.4 Å². The molecule has 2 saturated heterocycles. The Morgan fingerprint density at radius 1 is 0.935 bits per heavy atom. The van der Waals surface area contributed by atoms with Crippen LogP contribution in [0.1, 0.15) is 42.5 Å². The lowest BCUT2D eigenvalue weighted by atomic mass is 9.95. The number of hydrogen-bond donors (Lipinski definition) is 1. The lowest BCUT2D eigenvalue weighted by molar-refractivity contribution is -0.120. The molecule has 2 aliphatic rings. The number of nitrogens with zero attached hydrogens (tertiary/aromatic N) is 3. The second kappa shape index (κ2) is 9.41. The molecule has 8 heteroatoms. The number of rotatable bonds is 4. The summed E-state index contributed by atoms with van der Waals surface area (Å²) in [4.78, 5) is 33.7. The predicted octanol–water partition coefficient (Wildman–Crippen LogP) is 3.84. The molecule has 0 unspecified atom stereocenters. The minimum atomic E-state index is -0.988. The first-order chi connectivity index (χ1) is 15.0. The molecule has 0 spiro atoms. The van der Waals surface area contributed by atoms with Gasteiger partial charge in [0.1, 0.15) is 5.82 Å². The minimum absolute atomic E-state index is 0.0455. The van der Waals surface area contributed by atoms with Gasteiger partial charge in [-0.2, -0.15) is 0 Å². The number of piperidine rings is 2. The molecule has 2 amide bonds. The lowest BCUT2D eigenvalue weighted by Gasteiger charge is -2.32. The minimum Gasteiger partial charge on any atom is -0.357 e. The Balaban J connectivity index is 1.34. The molecule has 2 aliphatic heterocycles. The third-order valence-electron chi connectivity index (χ3n) is 6.01. The predicted molar refractivity (Wildman–Crippen MR) is 114 cm³/mol. The second-order valence-corrected chi connectivity index (χ2v) is 8.14. The van der Waals surface area contributed by atoms with Crippen molar-refractivity contribution in [2.75, 3.05) is 36.4 Å². The van der Waals surface area contributed by atoms with Gasteiger partial charge >= 0.3 is 0 Å². The molecule has 2 aromatic rings. The summed E-state index contributed by atoms with van der Waals surface area (Å²) in [5.74, 6) is -1.57. The average Bonchev–Trinajstić information content (AvgIpc) is 2.82. The number of benzene rings is 1. The topological polar surface area (TPSA) is 65.5 Å². The van der Waals surface area contributed by atoms with E-state index < -0.39 is 11.6 Å². The van der Waals surface area contributed by atoms with E-state index in [4.69, 9.17) is 0 Å². The standard InChI is InChI=1S/C23H26F2N4O2/c24-19-5-4-18(15-20(19)25)27-22(30)16-7-12-28(13-8-16)21-14-17(6-9-26-21)23(31)29-10-2-1-3-11-29/h4-6,9,14-16H,1-3,7-8,10-13H2,(H,27,30). The molecule has 2 fully saturated rings. The number of likely N-dealkylation sites (tertiary alicyclic amines) is 1. The molecule has 3 heterocycles. The van der Waals surface area contributed by atoms with Crippen molar-refractivity contribution in [3.05, 3.63) is 53.7 Å². The smallest absolute Gasteiger partial charge is 0.254 e. The van der Waals surface area contributed by atoms with E-state index in [0.29, 0.717) is 31.5 Å². The molecule has 0 bridgehead atoms. The Labute approximate surface area is 180 Å². The molecule has 0 aliphatic carbocycles. The Bertz CT molecular complexity index is 954. The van der Waals surface area contributed by atoms with Gasteiger partial charge in [-0.1, -0.05) is 0 Å². The molecule has 0 atom stereocenters. The van der Waals surface area contributed by atoms with Crippen LogP contribution in [0, 0.1) is 17.6 Å². The fourth-order valence-electron chi connectivity index (χ4n) is 4.19. The third-order valence-corrected chi connectivity index (χ3v) is 6.01. The first kappa shape index (κ1) is 21.2. The highest BCUT2D eigenvalue weighted by Crippen LogP contribution is 2.25. The van der Waals surface area contributed by atoms with E-state index in [1.807, 2.05) is 11.0 Å². The number of anilines is 2. The van der Waals surface area contributed by atoms with Gasteiger partial charge in [-0.3, -0.25) is 9.59 Å². The van der Waals surface area contributed by atoms with Gasteiger partial charge in [-0.15, -0.1) is 0 Å². The summed E-state index contributed by atoms with van der Waals surface area (Å²) in [7, 11) is 0. The van der Waals surface area contributed by atoms with E-state index in [1.54, 1.807) is 12.3 Å². The van der Waals surface area contributed by atoms with Crippen LogP contribution in [-0.4, -0.2) is 47.9 Å². The van der Waals surface area contributed by atoms with Gasteiger partial charge in [0.05, 0.1) is 0 Å². The SMILES string of the molecule is O=C(Nc1ccc(F)c(F)c1)C1CCN(c2cc(C(=O)N3CCCCC3)ccn2)CC1. The first-order valence-corrected chi connectivity index (χ1v) is 10.8. The highest BCUT2D eigenvalue weighted by Gasteiger charge is 2.27. The van der Waals surface area contributed by atoms with Crippen molar-refractivity contribution < 1.29 is 18.4 Å². The molecule has 1 N–H and O–H groups in total. The van der Waals surface area contributed by atoms with Gasteiger partial charge < -0.3 is 15.1 Å². The van der Waals surface area contributed by atoms with E-state index in [-0.39, 0.29) is 23.4 Å². The van der Waals surface area contributed by atoms with Gasteiger partial charge in [0, 0.05) is 55.6 Å². The lowest BCUT2D eigenvalue weighted by Crippen LogP contribution is -2.39. The van der Waals surface area contributed by atoms with E-state index in [1.165, 1.54) is 12.5 Å². The number of nitrogens with one attached hydrogen (secondary N) is 1. The van der Waals surface area contributed by atoms with Crippen molar-refractivity contribution in [1.29, 1.82) is 0 Å². The van der Waals surface area contributed by atoms with Crippen LogP contribution < -0.4 is 10.2 Å². The summed E-state index contributed by atoms with van der Waals surface area (Å²) in [5.41, 5.74) is 0.891. The van der Waals surface area contributed by atoms with Crippen molar-refractivity contribution in [3.8, 4) is 0 Å². The molecule has 164 valence electrons. The average molecular weight is 428 g/mol. The van der Waals surface area contributed by atoms with Crippen molar-refractivity contribution in [1.82, 2.24) is 9.88 Å². The Kier molecular flexibility index (Phi) is 6.44. The number of aromatic nitrogens is 1. The summed E-state index contributed by atoms with van der Waals surface area (Å²) in [6.07, 6.45) is 6.15. The second-order valence-electron chi connectivity index (χ2n) is 8.14. The number of pyridine rings is 1. The van der Waals surface area contributed by atoms with Crippen LogP contribution in [0.15, 0.2) is 36.5 Å². The zero-order chi connectivity index (χ0) is 21.8. The van der Waals surface area contributed by atoms with Gasteiger partial charge in [0.15, 0.2) is 11.6 Å². The van der Waals surface area contributed by atoms with Crippen molar-refractivity contribution >= 4 is 23.3 Å². The molecule has 1 aromatic carbocycles. The number of carbonyl (C=O) groups excluding carboxylic acids is 2. The highest BCUT2D eigenvalue weighted by atomic mass is 19.2. The highest BCUT2D eigenvalue weighted by molar-refractivity contribution is 5.95. The largest absolute Gasteiger partial charge is 0.357 e. The van der Waals surface area contributed by atoms with E-state index in [2.05, 4.69) is 15.2 Å². The van der Waals surface area contributed by atoms with Crippen molar-refractivity contribution in [2.24, 2.45) is 5.92 Å². The van der Waals surface area contributed by atoms with Crippen LogP contribution in [0.4, 0.5) is 20.3 Å². The fourth-order valence-corrected chi connectivity index (χ4v) is 4.19. The Morgan fingerprint density at radius 3 is 2.39 bits per heavy atom. The van der Waals surface area contributed by atoms with Crippen LogP contribution in [-0.2, 0) is 4.79 Å². The first-order valence-electron chi connectivity index (χ1n) is 10.8. The maximum absolute atomic E-state index is 13.4. The molecule has 1 aromatic heterocycles. The fraction of sp³-hybridized carbons (Fsp3) is 0.435. The molecule has 0 radical (unpaired) electrons. The summed E-state index contributed by atoms with van der Waals surface area (Å²) in [6.45, 7) is 2.86.